The number of hydrogen-bond donors (Lipinski definition) is 3. The van der Waals surface area contributed by atoms with Crippen LogP contribution in [-0.4, -0.2) is 21.2 Å². The number of nitrogens with zero attached hydrogens (tertiary/aromatic N) is 1. The Kier molecular flexibility index (Phi) is 2.94. The van der Waals surface area contributed by atoms with Crippen LogP contribution in [0.4, 0.5) is 5.82 Å². The van der Waals surface area contributed by atoms with Crippen LogP contribution in [0.5, 0.6) is 0 Å². The molecule has 0 aromatic carbocycles. The van der Waals surface area contributed by atoms with Gasteiger partial charge in [0, 0.05) is 6.20 Å². The third-order valence-electron chi connectivity index (χ3n) is 1.06. The molecule has 7 heteroatoms. The van der Waals surface area contributed by atoms with Crippen LogP contribution in [0.2, 0.25) is 0 Å². The lowest BCUT2D eigenvalue weighted by Crippen LogP contribution is -2.21. The lowest BCUT2D eigenvalue weighted by Gasteiger charge is -2.01. The minimum absolute atomic E-state index is 0.364. The molecule has 0 bridgehead atoms. The summed E-state index contributed by atoms with van der Waals surface area (Å²) in [4.78, 5) is 16.4. The predicted octanol–water partition coefficient (Wildman–Crippen LogP) is -1.02. The quantitative estimate of drug-likeness (QED) is 0.567. The largest absolute Gasteiger partial charge is 0.346 e. The van der Waals surface area contributed by atoms with E-state index in [-0.39, 0.29) is 0 Å². The molecular formula is C5H8N4O2S. The fourth-order valence-corrected chi connectivity index (χ4v) is 1.000. The van der Waals surface area contributed by atoms with Crippen LogP contribution in [0, 0.1) is 0 Å². The van der Waals surface area contributed by atoms with Crippen LogP contribution in [0.25, 0.3) is 0 Å². The summed E-state index contributed by atoms with van der Waals surface area (Å²) in [6.07, 6.45) is 1.33. The van der Waals surface area contributed by atoms with Crippen LogP contribution in [0.3, 0.4) is 0 Å². The molecule has 0 saturated carbocycles. The predicted molar refractivity (Wildman–Crippen MR) is 45.7 cm³/mol. The van der Waals surface area contributed by atoms with Crippen molar-refractivity contribution in [2.75, 3.05) is 11.8 Å². The standard InChI is InChI=1S/C5H8N4O2S/c1-6-12(11)9-4-2-3-7-5(10)8-4/h2-3,6H,1H3,(H2,7,8,9,10). The van der Waals surface area contributed by atoms with Crippen LogP contribution >= 0.6 is 0 Å². The second kappa shape index (κ2) is 3.98. The van der Waals surface area contributed by atoms with Crippen LogP contribution < -0.4 is 15.1 Å². The number of hydrogen-bond acceptors (Lipinski definition) is 3. The van der Waals surface area contributed by atoms with Gasteiger partial charge in [-0.3, -0.25) is 9.71 Å². The van der Waals surface area contributed by atoms with E-state index in [9.17, 15) is 9.00 Å². The van der Waals surface area contributed by atoms with E-state index in [4.69, 9.17) is 0 Å². The van der Waals surface area contributed by atoms with Gasteiger partial charge < -0.3 is 0 Å². The Morgan fingerprint density at radius 2 is 2.42 bits per heavy atom. The average Bonchev–Trinajstić information content (AvgIpc) is 2.04. The van der Waals surface area contributed by atoms with Crippen molar-refractivity contribution in [2.24, 2.45) is 0 Å². The molecule has 0 spiro atoms. The van der Waals surface area contributed by atoms with Crippen LogP contribution in [-0.2, 0) is 11.2 Å². The van der Waals surface area contributed by atoms with Crippen LogP contribution in [0.1, 0.15) is 0 Å². The molecule has 0 saturated heterocycles. The van der Waals surface area contributed by atoms with E-state index in [1.165, 1.54) is 19.3 Å². The summed E-state index contributed by atoms with van der Waals surface area (Å²) in [5.41, 5.74) is -0.479. The minimum atomic E-state index is -1.38. The van der Waals surface area contributed by atoms with Gasteiger partial charge in [-0.25, -0.2) is 18.7 Å². The van der Waals surface area contributed by atoms with E-state index in [1.54, 1.807) is 0 Å². The molecule has 0 aliphatic carbocycles. The molecule has 0 amide bonds. The molecule has 1 heterocycles. The van der Waals surface area contributed by atoms with E-state index >= 15 is 0 Å². The zero-order valence-electron chi connectivity index (χ0n) is 6.33. The Labute approximate surface area is 71.1 Å². The SMILES string of the molecule is CNS(=O)Nc1ccnc(=O)[nH]1. The van der Waals surface area contributed by atoms with Gasteiger partial charge in [-0.1, -0.05) is 0 Å². The number of aromatic nitrogens is 2. The van der Waals surface area contributed by atoms with Crippen molar-refractivity contribution in [3.05, 3.63) is 22.7 Å². The van der Waals surface area contributed by atoms with E-state index in [0.717, 1.165) is 0 Å². The zero-order valence-corrected chi connectivity index (χ0v) is 7.14. The van der Waals surface area contributed by atoms with Crippen molar-refractivity contribution < 1.29 is 4.21 Å². The Balaban J connectivity index is 2.76. The third-order valence-corrected chi connectivity index (χ3v) is 1.84. The molecule has 6 nitrogen and oxygen atoms in total. The first-order valence-corrected chi connectivity index (χ1v) is 4.28. The van der Waals surface area contributed by atoms with E-state index in [1.807, 2.05) is 0 Å². The second-order valence-corrected chi connectivity index (χ2v) is 3.01. The summed E-state index contributed by atoms with van der Waals surface area (Å²) in [6, 6.07) is 1.51. The molecule has 1 rings (SSSR count). The van der Waals surface area contributed by atoms with Gasteiger partial charge in [-0.2, -0.15) is 0 Å². The van der Waals surface area contributed by atoms with Crippen molar-refractivity contribution in [1.82, 2.24) is 14.7 Å². The molecule has 1 unspecified atom stereocenters. The normalized spacial score (nSPS) is 12.4. The topological polar surface area (TPSA) is 86.9 Å². The maximum atomic E-state index is 10.8. The molecule has 1 atom stereocenters. The first-order chi connectivity index (χ1) is 5.72. The highest BCUT2D eigenvalue weighted by Gasteiger charge is 1.95. The van der Waals surface area contributed by atoms with Gasteiger partial charge in [0.25, 0.3) is 0 Å². The van der Waals surface area contributed by atoms with Gasteiger partial charge in [-0.15, -0.1) is 0 Å². The molecule has 0 aliphatic rings. The zero-order chi connectivity index (χ0) is 8.97. The van der Waals surface area contributed by atoms with E-state index in [0.29, 0.717) is 5.82 Å². The molecule has 66 valence electrons. The summed E-state index contributed by atoms with van der Waals surface area (Å²) < 4.78 is 15.8. The highest BCUT2D eigenvalue weighted by Crippen LogP contribution is 1.95. The molecule has 3 N–H and O–H groups in total. The Bertz CT molecular complexity index is 336. The molecule has 0 aliphatic heterocycles. The van der Waals surface area contributed by atoms with Gasteiger partial charge in [-0.05, 0) is 13.1 Å². The first-order valence-electron chi connectivity index (χ1n) is 3.13. The first kappa shape index (κ1) is 8.88. The summed E-state index contributed by atoms with van der Waals surface area (Å²) >= 11 is -1.38. The highest BCUT2D eigenvalue weighted by atomic mass is 32.2. The van der Waals surface area contributed by atoms with E-state index in [2.05, 4.69) is 19.4 Å². The Hall–Kier alpha value is -1.21. The molecule has 1 aromatic rings. The van der Waals surface area contributed by atoms with Gasteiger partial charge in [0.15, 0.2) is 11.2 Å². The number of H-pyrrole nitrogens is 1. The lowest BCUT2D eigenvalue weighted by molar-refractivity contribution is 0.681. The van der Waals surface area contributed by atoms with Gasteiger partial charge >= 0.3 is 5.69 Å². The smallest absolute Gasteiger partial charge is 0.291 e. The van der Waals surface area contributed by atoms with Crippen molar-refractivity contribution in [2.45, 2.75) is 0 Å². The fraction of sp³-hybridized carbons (Fsp3) is 0.200. The van der Waals surface area contributed by atoms with Crippen molar-refractivity contribution >= 4 is 17.0 Å². The summed E-state index contributed by atoms with van der Waals surface area (Å²) in [6.45, 7) is 0. The summed E-state index contributed by atoms with van der Waals surface area (Å²) in [5, 5.41) is 0. The van der Waals surface area contributed by atoms with Crippen LogP contribution in [0.15, 0.2) is 17.1 Å². The molecular weight excluding hydrogens is 180 g/mol. The van der Waals surface area contributed by atoms with Gasteiger partial charge in [0.05, 0.1) is 0 Å². The lowest BCUT2D eigenvalue weighted by atomic mass is 10.6. The third kappa shape index (κ3) is 2.44. The summed E-state index contributed by atoms with van der Waals surface area (Å²) in [5.74, 6) is 0.364. The Morgan fingerprint density at radius 1 is 1.67 bits per heavy atom. The molecule has 12 heavy (non-hydrogen) atoms. The number of anilines is 1. The van der Waals surface area contributed by atoms with Crippen molar-refractivity contribution in [1.29, 1.82) is 0 Å². The van der Waals surface area contributed by atoms with E-state index < -0.39 is 16.9 Å². The van der Waals surface area contributed by atoms with Crippen molar-refractivity contribution in [3.8, 4) is 0 Å². The minimum Gasteiger partial charge on any atom is -0.291 e. The number of rotatable bonds is 3. The van der Waals surface area contributed by atoms with Gasteiger partial charge in [0.2, 0.25) is 0 Å². The van der Waals surface area contributed by atoms with Crippen molar-refractivity contribution in [3.63, 3.8) is 0 Å². The number of nitrogens with one attached hydrogen (secondary N) is 3. The number of aromatic amines is 1. The second-order valence-electron chi connectivity index (χ2n) is 1.86. The Morgan fingerprint density at radius 3 is 3.00 bits per heavy atom. The maximum Gasteiger partial charge on any atom is 0.346 e. The highest BCUT2D eigenvalue weighted by molar-refractivity contribution is 7.84. The average molecular weight is 188 g/mol. The fourth-order valence-electron chi connectivity index (χ4n) is 0.579. The molecule has 0 fully saturated rings. The maximum absolute atomic E-state index is 10.8. The monoisotopic (exact) mass is 188 g/mol. The van der Waals surface area contributed by atoms with Gasteiger partial charge in [0.1, 0.15) is 5.82 Å². The molecule has 0 radical (unpaired) electrons. The molecule has 1 aromatic heterocycles. The summed E-state index contributed by atoms with van der Waals surface area (Å²) in [7, 11) is 1.53.